The quantitative estimate of drug-likeness (QED) is 0.399. The van der Waals surface area contributed by atoms with Crippen molar-refractivity contribution in [2.45, 2.75) is 64.3 Å². The van der Waals surface area contributed by atoms with E-state index in [1.54, 1.807) is 5.32 Å². The number of hydrogen-bond acceptors (Lipinski definition) is 3. The first-order valence-electron chi connectivity index (χ1n) is 9.79. The number of carbonyl (C=O) groups is 2. The Kier molecular flexibility index (Phi) is 11.3. The fraction of sp³-hybridized carbons (Fsp3) is 0.600. The number of aryl methyl sites for hydroxylation is 1. The van der Waals surface area contributed by atoms with Gasteiger partial charge in [-0.05, 0) is 56.2 Å². The number of hydrogen-bond donors (Lipinski definition) is 3. The van der Waals surface area contributed by atoms with Crippen molar-refractivity contribution in [2.75, 3.05) is 18.4 Å². The Morgan fingerprint density at radius 3 is 2.42 bits per heavy atom. The van der Waals surface area contributed by atoms with Crippen LogP contribution in [0.1, 0.15) is 57.4 Å². The van der Waals surface area contributed by atoms with Crippen LogP contribution in [0.25, 0.3) is 0 Å². The minimum Gasteiger partial charge on any atom is -0.544 e. The summed E-state index contributed by atoms with van der Waals surface area (Å²) >= 11 is 0. The third-order valence-electron chi connectivity index (χ3n) is 4.42. The zero-order valence-corrected chi connectivity index (χ0v) is 16.0. The first-order chi connectivity index (χ1) is 12.6. The van der Waals surface area contributed by atoms with Crippen molar-refractivity contribution in [3.63, 3.8) is 0 Å². The molecular weight excluding hydrogens is 330 g/mol. The van der Waals surface area contributed by atoms with Crippen LogP contribution >= 0.6 is 0 Å². The van der Waals surface area contributed by atoms with E-state index in [-0.39, 0.29) is 12.3 Å². The van der Waals surface area contributed by atoms with Gasteiger partial charge >= 0.3 is 0 Å². The fourth-order valence-corrected chi connectivity index (χ4v) is 2.80. The third kappa shape index (κ3) is 9.53. The smallest absolute Gasteiger partial charge is 0.230 e. The highest BCUT2D eigenvalue weighted by molar-refractivity contribution is 5.93. The molecule has 1 aromatic carbocycles. The Morgan fingerprint density at radius 1 is 1.12 bits per heavy atom. The maximum Gasteiger partial charge on any atom is 0.230 e. The molecule has 1 rings (SSSR count). The van der Waals surface area contributed by atoms with Gasteiger partial charge in [-0.2, -0.15) is 0 Å². The number of carboxylic acids is 1. The SMILES string of the molecule is CCCCc1ccc(NC(=O)C[C@H]([NH2+]CCCCCC[NH3+])C(=O)[O-])cc1. The highest BCUT2D eigenvalue weighted by Gasteiger charge is 2.18. The van der Waals surface area contributed by atoms with Gasteiger partial charge in [0, 0.05) is 5.69 Å². The number of quaternary nitrogens is 2. The Hall–Kier alpha value is -1.92. The lowest BCUT2D eigenvalue weighted by molar-refractivity contribution is -0.682. The van der Waals surface area contributed by atoms with Gasteiger partial charge in [-0.25, -0.2) is 0 Å². The first kappa shape index (κ1) is 22.1. The number of carbonyl (C=O) groups excluding carboxylic acids is 2. The molecule has 26 heavy (non-hydrogen) atoms. The van der Waals surface area contributed by atoms with Gasteiger partial charge in [0.2, 0.25) is 5.91 Å². The third-order valence-corrected chi connectivity index (χ3v) is 4.42. The van der Waals surface area contributed by atoms with Gasteiger partial charge in [0.15, 0.2) is 0 Å². The van der Waals surface area contributed by atoms with Gasteiger partial charge in [0.05, 0.1) is 25.5 Å². The largest absolute Gasteiger partial charge is 0.544 e. The minimum absolute atomic E-state index is 0.0845. The predicted octanol–water partition coefficient (Wildman–Crippen LogP) is -0.158. The summed E-state index contributed by atoms with van der Waals surface area (Å²) in [4.78, 5) is 23.4. The summed E-state index contributed by atoms with van der Waals surface area (Å²) < 4.78 is 0. The maximum absolute atomic E-state index is 12.1. The van der Waals surface area contributed by atoms with Gasteiger partial charge in [0.25, 0.3) is 0 Å². The van der Waals surface area contributed by atoms with Crippen molar-refractivity contribution >= 4 is 17.6 Å². The van der Waals surface area contributed by atoms with Gasteiger partial charge in [-0.1, -0.05) is 25.5 Å². The molecule has 0 unspecified atom stereocenters. The van der Waals surface area contributed by atoms with E-state index in [4.69, 9.17) is 0 Å². The second-order valence-electron chi connectivity index (χ2n) is 6.77. The molecule has 6 heteroatoms. The first-order valence-corrected chi connectivity index (χ1v) is 9.79. The molecule has 0 radical (unpaired) electrons. The van der Waals surface area contributed by atoms with Crippen LogP contribution < -0.4 is 21.5 Å². The van der Waals surface area contributed by atoms with Crippen LogP contribution in [-0.2, 0) is 16.0 Å². The van der Waals surface area contributed by atoms with E-state index in [0.717, 1.165) is 51.5 Å². The molecule has 0 aliphatic carbocycles. The van der Waals surface area contributed by atoms with E-state index < -0.39 is 12.0 Å². The monoisotopic (exact) mass is 364 g/mol. The summed E-state index contributed by atoms with van der Waals surface area (Å²) in [6.07, 6.45) is 7.44. The summed E-state index contributed by atoms with van der Waals surface area (Å²) in [6.45, 7) is 3.78. The second kappa shape index (κ2) is 13.3. The predicted molar refractivity (Wildman–Crippen MR) is 100 cm³/mol. The maximum atomic E-state index is 12.1. The highest BCUT2D eigenvalue weighted by Crippen LogP contribution is 2.12. The molecule has 0 bridgehead atoms. The van der Waals surface area contributed by atoms with Crippen LogP contribution in [0.15, 0.2) is 24.3 Å². The fourth-order valence-electron chi connectivity index (χ4n) is 2.80. The number of benzene rings is 1. The van der Waals surface area contributed by atoms with E-state index in [9.17, 15) is 14.7 Å². The average molecular weight is 365 g/mol. The van der Waals surface area contributed by atoms with Crippen molar-refractivity contribution in [3.8, 4) is 0 Å². The number of amides is 1. The molecule has 0 aliphatic rings. The summed E-state index contributed by atoms with van der Waals surface area (Å²) in [6, 6.07) is 6.89. The van der Waals surface area contributed by atoms with Gasteiger partial charge in [0.1, 0.15) is 6.04 Å². The number of anilines is 1. The minimum atomic E-state index is -1.19. The lowest BCUT2D eigenvalue weighted by Crippen LogP contribution is -2.93. The molecule has 1 aromatic rings. The molecule has 6 nitrogen and oxygen atoms in total. The summed E-state index contributed by atoms with van der Waals surface area (Å²) in [5, 5.41) is 15.7. The molecule has 0 heterocycles. The molecule has 0 fully saturated rings. The van der Waals surface area contributed by atoms with Gasteiger partial charge in [-0.15, -0.1) is 0 Å². The van der Waals surface area contributed by atoms with Gasteiger partial charge in [-0.3, -0.25) is 4.79 Å². The molecule has 0 aliphatic heterocycles. The topological polar surface area (TPSA) is 113 Å². The van der Waals surface area contributed by atoms with Crippen LogP contribution in [0.4, 0.5) is 5.69 Å². The Labute approximate surface area is 156 Å². The number of nitrogens with two attached hydrogens (primary N) is 1. The van der Waals surface area contributed by atoms with E-state index in [2.05, 4.69) is 18.0 Å². The van der Waals surface area contributed by atoms with Crippen LogP contribution in [0.3, 0.4) is 0 Å². The Balaban J connectivity index is 2.38. The van der Waals surface area contributed by atoms with Crippen molar-refractivity contribution in [3.05, 3.63) is 29.8 Å². The van der Waals surface area contributed by atoms with Crippen molar-refractivity contribution in [2.24, 2.45) is 0 Å². The molecular formula is C20H34N3O3+. The van der Waals surface area contributed by atoms with Crippen LogP contribution in [0.5, 0.6) is 0 Å². The van der Waals surface area contributed by atoms with Crippen LogP contribution in [0, 0.1) is 0 Å². The van der Waals surface area contributed by atoms with Crippen LogP contribution in [0.2, 0.25) is 0 Å². The lowest BCUT2D eigenvalue weighted by Gasteiger charge is -2.16. The number of nitrogens with one attached hydrogen (secondary N) is 1. The van der Waals surface area contributed by atoms with E-state index >= 15 is 0 Å². The zero-order valence-electron chi connectivity index (χ0n) is 16.0. The Morgan fingerprint density at radius 2 is 1.81 bits per heavy atom. The molecule has 6 N–H and O–H groups in total. The van der Waals surface area contributed by atoms with E-state index in [1.165, 1.54) is 5.56 Å². The number of rotatable bonds is 14. The highest BCUT2D eigenvalue weighted by atomic mass is 16.4. The van der Waals surface area contributed by atoms with E-state index in [1.807, 2.05) is 24.3 Å². The molecule has 0 saturated heterocycles. The summed E-state index contributed by atoms with van der Waals surface area (Å²) in [7, 11) is 0. The lowest BCUT2D eigenvalue weighted by atomic mass is 10.1. The average Bonchev–Trinajstić information content (AvgIpc) is 2.62. The normalized spacial score (nSPS) is 11.9. The van der Waals surface area contributed by atoms with Crippen molar-refractivity contribution in [1.29, 1.82) is 0 Å². The van der Waals surface area contributed by atoms with Gasteiger partial charge < -0.3 is 26.3 Å². The molecule has 1 amide bonds. The van der Waals surface area contributed by atoms with Crippen LogP contribution in [-0.4, -0.2) is 31.0 Å². The van der Waals surface area contributed by atoms with E-state index in [0.29, 0.717) is 12.2 Å². The standard InChI is InChI=1S/C20H33N3O3/c1-2-3-8-16-9-11-17(12-10-16)23-19(24)15-18(20(25)26)22-14-7-5-4-6-13-21/h9-12,18,22H,2-8,13-15,21H2,1H3,(H,23,24)(H,25,26)/p+1/t18-/m0/s1. The summed E-state index contributed by atoms with van der Waals surface area (Å²) in [5.74, 6) is -1.48. The number of aliphatic carboxylic acids is 1. The molecule has 0 saturated carbocycles. The molecule has 0 aromatic heterocycles. The molecule has 0 spiro atoms. The number of carboxylic acid groups (broad SMARTS) is 1. The Bertz CT molecular complexity index is 532. The van der Waals surface area contributed by atoms with Crippen molar-refractivity contribution in [1.82, 2.24) is 0 Å². The van der Waals surface area contributed by atoms with Crippen molar-refractivity contribution < 1.29 is 25.7 Å². The molecule has 1 atom stereocenters. The number of unbranched alkanes of at least 4 members (excludes halogenated alkanes) is 4. The second-order valence-corrected chi connectivity index (χ2v) is 6.77. The zero-order chi connectivity index (χ0) is 19.2. The summed E-state index contributed by atoms with van der Waals surface area (Å²) in [5.41, 5.74) is 5.74. The molecule has 146 valence electrons.